The fourth-order valence-corrected chi connectivity index (χ4v) is 8.36. The zero-order chi connectivity index (χ0) is 31.0. The van der Waals surface area contributed by atoms with Crippen LogP contribution >= 0.6 is 27.3 Å². The largest absolute Gasteiger partial charge is 0.493 e. The van der Waals surface area contributed by atoms with Crippen molar-refractivity contribution in [2.75, 3.05) is 25.6 Å². The third-order valence-electron chi connectivity index (χ3n) is 8.43. The van der Waals surface area contributed by atoms with Crippen LogP contribution in [0.25, 0.3) is 28.1 Å². The van der Waals surface area contributed by atoms with E-state index in [2.05, 4.69) is 42.2 Å². The molecular formula is C23H25FN10O8P2S. The molecule has 1 aliphatic carbocycles. The molecule has 18 nitrogen and oxygen atoms in total. The Morgan fingerprint density at radius 2 is 1.87 bits per heavy atom. The molecule has 45 heavy (non-hydrogen) atoms. The van der Waals surface area contributed by atoms with Crippen LogP contribution in [0.5, 0.6) is 5.88 Å². The van der Waals surface area contributed by atoms with Crippen LogP contribution in [0.15, 0.2) is 31.4 Å². The van der Waals surface area contributed by atoms with Crippen molar-refractivity contribution >= 4 is 61.2 Å². The minimum atomic E-state index is -4.15. The molecule has 22 heteroatoms. The van der Waals surface area contributed by atoms with E-state index in [4.69, 9.17) is 28.6 Å². The van der Waals surface area contributed by atoms with Gasteiger partial charge >= 0.3 is 15.1 Å². The molecule has 3 fully saturated rings. The highest BCUT2D eigenvalue weighted by atomic mass is 32.7. The molecule has 5 aromatic rings. The predicted octanol–water partition coefficient (Wildman–Crippen LogP) is 2.50. The molecule has 238 valence electrons. The first-order chi connectivity index (χ1) is 21.7. The van der Waals surface area contributed by atoms with E-state index in [1.54, 1.807) is 17.1 Å². The lowest BCUT2D eigenvalue weighted by atomic mass is 9.70. The maximum Gasteiger partial charge on any atom is 0.386 e. The van der Waals surface area contributed by atoms with Crippen LogP contribution in [0, 0.1) is 11.8 Å². The lowest BCUT2D eigenvalue weighted by Gasteiger charge is -2.45. The van der Waals surface area contributed by atoms with Crippen molar-refractivity contribution in [1.82, 2.24) is 43.4 Å². The second kappa shape index (κ2) is 10.9. The van der Waals surface area contributed by atoms with Gasteiger partial charge in [0, 0.05) is 24.4 Å². The molecule has 3 N–H and O–H groups in total. The molecule has 0 spiro atoms. The Kier molecular flexibility index (Phi) is 7.10. The van der Waals surface area contributed by atoms with Crippen molar-refractivity contribution in [2.45, 2.75) is 37.1 Å². The Balaban J connectivity index is 1.04. The average molecular weight is 683 g/mol. The van der Waals surface area contributed by atoms with Gasteiger partial charge in [-0.25, -0.2) is 33.9 Å². The van der Waals surface area contributed by atoms with E-state index in [0.29, 0.717) is 17.8 Å². The van der Waals surface area contributed by atoms with E-state index < -0.39 is 46.3 Å². The summed E-state index contributed by atoms with van der Waals surface area (Å²) >= 11 is 4.13. The fourth-order valence-electron chi connectivity index (χ4n) is 6.12. The number of fused-ring (bicyclic) bond motifs is 5. The Bertz CT molecular complexity index is 2010. The molecule has 3 aliphatic rings. The first-order valence-electron chi connectivity index (χ1n) is 13.7. The zero-order valence-electron chi connectivity index (χ0n) is 22.9. The molecule has 0 amide bonds. The quantitative estimate of drug-likeness (QED) is 0.180. The number of nitrogen functional groups attached to an aromatic ring is 1. The second-order valence-corrected chi connectivity index (χ2v) is 14.8. The van der Waals surface area contributed by atoms with E-state index in [0.717, 1.165) is 0 Å². The second-order valence-electron chi connectivity index (χ2n) is 10.9. The van der Waals surface area contributed by atoms with Gasteiger partial charge in [0.1, 0.15) is 24.1 Å². The molecule has 1 unspecified atom stereocenters. The van der Waals surface area contributed by atoms with Crippen LogP contribution < -0.4 is 5.73 Å². The summed E-state index contributed by atoms with van der Waals surface area (Å²) in [4.78, 5) is 25.2. The Labute approximate surface area is 257 Å². The molecule has 7 heterocycles. The highest BCUT2D eigenvalue weighted by molar-refractivity contribution is 8.44. The first kappa shape index (κ1) is 29.2. The topological polar surface area (TPSA) is 218 Å². The number of anilines is 1. The molecule has 9 atom stereocenters. The number of nitrogens with two attached hydrogens (primary N) is 1. The van der Waals surface area contributed by atoms with Gasteiger partial charge in [-0.1, -0.05) is 12.2 Å². The van der Waals surface area contributed by atoms with Crippen LogP contribution in [0.1, 0.15) is 18.7 Å². The van der Waals surface area contributed by atoms with E-state index in [1.165, 1.54) is 27.8 Å². The number of hydrogen-bond acceptors (Lipinski definition) is 15. The Morgan fingerprint density at radius 1 is 1.07 bits per heavy atom. The van der Waals surface area contributed by atoms with E-state index in [1.807, 2.05) is 0 Å². The van der Waals surface area contributed by atoms with Crippen LogP contribution in [-0.2, 0) is 32.0 Å². The third-order valence-corrected chi connectivity index (χ3v) is 10.8. The van der Waals surface area contributed by atoms with Crippen LogP contribution in [0.4, 0.5) is 10.2 Å². The summed E-state index contributed by atoms with van der Waals surface area (Å²) in [5, 5.41) is 10.7. The molecule has 2 saturated heterocycles. The van der Waals surface area contributed by atoms with Gasteiger partial charge in [0.25, 0.3) is 0 Å². The number of thiol groups is 1. The number of aromatic nitrogens is 9. The maximum absolute atomic E-state index is 16.0. The summed E-state index contributed by atoms with van der Waals surface area (Å²) in [6.45, 7) is -4.66. The van der Waals surface area contributed by atoms with Crippen molar-refractivity contribution in [1.29, 1.82) is 0 Å². The number of hydrogen-bond donors (Lipinski definition) is 3. The van der Waals surface area contributed by atoms with Crippen molar-refractivity contribution in [3.8, 4) is 5.88 Å². The molecule has 0 radical (unpaired) electrons. The SMILES string of the molecule is Nc1ncnc2c1ncn2[C@@H]1O[C@@H]2CO[PH](=O)OC[C@@H]3[C@@H](CO[P@@](=O)(S)O[C@H]2[C@H]1F)C[C@H]3n1cnc2c(O)n3ccnc3nc21. The summed E-state index contributed by atoms with van der Waals surface area (Å²) in [6, 6.07) is -0.255. The number of imidazole rings is 3. The van der Waals surface area contributed by atoms with Crippen molar-refractivity contribution in [3.63, 3.8) is 0 Å². The van der Waals surface area contributed by atoms with Gasteiger partial charge in [0.15, 0.2) is 35.0 Å². The lowest BCUT2D eigenvalue weighted by Crippen LogP contribution is -2.43. The predicted molar refractivity (Wildman–Crippen MR) is 155 cm³/mol. The smallest absolute Gasteiger partial charge is 0.386 e. The monoisotopic (exact) mass is 682 g/mol. The summed E-state index contributed by atoms with van der Waals surface area (Å²) in [5.74, 6) is -0.280. The van der Waals surface area contributed by atoms with Crippen molar-refractivity contribution in [2.24, 2.45) is 11.8 Å². The van der Waals surface area contributed by atoms with E-state index >= 15 is 4.39 Å². The lowest BCUT2D eigenvalue weighted by molar-refractivity contribution is -0.0405. The normalized spacial score (nSPS) is 34.5. The summed E-state index contributed by atoms with van der Waals surface area (Å²) in [7, 11) is -3.09. The number of aromatic hydroxyl groups is 1. The minimum Gasteiger partial charge on any atom is -0.493 e. The third kappa shape index (κ3) is 4.91. The van der Waals surface area contributed by atoms with Gasteiger partial charge in [-0.3, -0.25) is 18.1 Å². The van der Waals surface area contributed by atoms with Gasteiger partial charge in [-0.2, -0.15) is 4.98 Å². The zero-order valence-corrected chi connectivity index (χ0v) is 25.7. The molecule has 1 saturated carbocycles. The maximum atomic E-state index is 16.0. The molecule has 2 aliphatic heterocycles. The van der Waals surface area contributed by atoms with Gasteiger partial charge in [0.05, 0.1) is 32.5 Å². The van der Waals surface area contributed by atoms with Crippen LogP contribution in [-0.4, -0.2) is 86.7 Å². The number of ether oxygens (including phenoxy) is 1. The molecular weight excluding hydrogens is 657 g/mol. The van der Waals surface area contributed by atoms with Gasteiger partial charge < -0.3 is 33.7 Å². The fraction of sp³-hybridized carbons (Fsp3) is 0.478. The van der Waals surface area contributed by atoms with Crippen molar-refractivity contribution < 1.29 is 41.5 Å². The average Bonchev–Trinajstić information content (AvgIpc) is 3.79. The molecule has 0 aromatic carbocycles. The summed E-state index contributed by atoms with van der Waals surface area (Å²) < 4.78 is 75.1. The highest BCUT2D eigenvalue weighted by Gasteiger charge is 2.51. The standard InChI is InChI=1S/C23H25FN10O8P2S/c24-14-17-13(41-22(14)34-9-29-15-18(25)27-7-28-19(15)34)6-39-43(36)38-5-11-10(4-40-44(37,45)42-17)3-12(11)33-8-30-16-20(33)31-23-26-1-2-32(23)21(16)35/h1-2,7-14,17,22,35,43H,3-6H2,(H,37,45)(H2,25,27,28)/t10-,11-,12-,13-,14-,17-,22-,44-/m1/s1. The Morgan fingerprint density at radius 3 is 2.73 bits per heavy atom. The summed E-state index contributed by atoms with van der Waals surface area (Å²) in [5.41, 5.74) is 7.00. The summed E-state index contributed by atoms with van der Waals surface area (Å²) in [6.07, 6.45) is 1.73. The Hall–Kier alpha value is -3.22. The number of alkyl halides is 1. The van der Waals surface area contributed by atoms with Crippen LogP contribution in [0.2, 0.25) is 0 Å². The highest BCUT2D eigenvalue weighted by Crippen LogP contribution is 2.58. The van der Waals surface area contributed by atoms with Gasteiger partial charge in [-0.05, 0) is 12.3 Å². The molecule has 8 rings (SSSR count). The van der Waals surface area contributed by atoms with Gasteiger partial charge in [-0.15, -0.1) is 0 Å². The van der Waals surface area contributed by atoms with Crippen molar-refractivity contribution in [3.05, 3.63) is 31.4 Å². The van der Waals surface area contributed by atoms with E-state index in [9.17, 15) is 14.2 Å². The number of halogens is 1. The number of nitrogens with zero attached hydrogens (tertiary/aromatic N) is 9. The molecule has 5 aromatic heterocycles. The van der Waals surface area contributed by atoms with Crippen LogP contribution in [0.3, 0.4) is 0 Å². The molecule has 0 bridgehead atoms. The van der Waals surface area contributed by atoms with Gasteiger partial charge in [0.2, 0.25) is 11.7 Å². The first-order valence-corrected chi connectivity index (χ1v) is 17.7. The number of rotatable bonds is 2. The minimum absolute atomic E-state index is 0.0169. The van der Waals surface area contributed by atoms with E-state index in [-0.39, 0.29) is 59.5 Å².